The van der Waals surface area contributed by atoms with Crippen LogP contribution >= 0.6 is 0 Å². The lowest BCUT2D eigenvalue weighted by atomic mass is 9.98. The number of amides is 2. The van der Waals surface area contributed by atoms with E-state index in [1.165, 1.54) is 0 Å². The molecular weight excluding hydrogens is 448 g/mol. The Balaban J connectivity index is 1.44. The minimum Gasteiger partial charge on any atom is -0.481 e. The number of fused-ring (bicyclic) bond motifs is 3. The molecule has 0 bridgehead atoms. The average Bonchev–Trinajstić information content (AvgIpc) is 3.50. The Morgan fingerprint density at radius 3 is 2.17 bits per heavy atom. The van der Waals surface area contributed by atoms with Crippen molar-refractivity contribution < 1.29 is 29.3 Å². The molecule has 0 radical (unpaired) electrons. The smallest absolute Gasteiger partial charge is 0.407 e. The first-order valence-electron chi connectivity index (χ1n) is 12.2. The quantitative estimate of drug-likeness (QED) is 0.479. The molecule has 2 amide bonds. The fourth-order valence-electron chi connectivity index (χ4n) is 5.30. The van der Waals surface area contributed by atoms with Crippen molar-refractivity contribution in [3.8, 4) is 11.1 Å². The van der Waals surface area contributed by atoms with Crippen molar-refractivity contribution in [2.75, 3.05) is 19.8 Å². The lowest BCUT2D eigenvalue weighted by molar-refractivity contribution is -0.138. The predicted octanol–water partition coefficient (Wildman–Crippen LogP) is 3.52. The van der Waals surface area contributed by atoms with Crippen molar-refractivity contribution in [1.82, 2.24) is 10.2 Å². The van der Waals surface area contributed by atoms with Gasteiger partial charge in [-0.2, -0.15) is 0 Å². The van der Waals surface area contributed by atoms with Crippen LogP contribution in [0.2, 0.25) is 0 Å². The van der Waals surface area contributed by atoms with Crippen LogP contribution in [0, 0.1) is 0 Å². The van der Waals surface area contributed by atoms with Crippen molar-refractivity contribution in [3.63, 3.8) is 0 Å². The molecule has 8 heteroatoms. The summed E-state index contributed by atoms with van der Waals surface area (Å²) in [5, 5.41) is 21.3. The predicted molar refractivity (Wildman–Crippen MR) is 130 cm³/mol. The number of benzene rings is 2. The molecule has 0 spiro atoms. The Hall–Kier alpha value is -3.39. The molecular formula is C27H32N2O6. The number of alkyl carbamates (subject to hydrolysis) is 1. The van der Waals surface area contributed by atoms with Crippen molar-refractivity contribution in [3.05, 3.63) is 59.7 Å². The second kappa shape index (κ2) is 11.4. The highest BCUT2D eigenvalue weighted by Crippen LogP contribution is 2.44. The van der Waals surface area contributed by atoms with Gasteiger partial charge in [-0.1, -0.05) is 61.4 Å². The molecule has 1 atom stereocenters. The maximum absolute atomic E-state index is 13.3. The highest BCUT2D eigenvalue weighted by Gasteiger charge is 2.33. The van der Waals surface area contributed by atoms with Crippen LogP contribution in [-0.2, 0) is 14.3 Å². The highest BCUT2D eigenvalue weighted by molar-refractivity contribution is 5.86. The summed E-state index contributed by atoms with van der Waals surface area (Å²) in [5.74, 6) is -1.54. The molecule has 0 saturated heterocycles. The summed E-state index contributed by atoms with van der Waals surface area (Å²) < 4.78 is 5.57. The largest absolute Gasteiger partial charge is 0.481 e. The summed E-state index contributed by atoms with van der Waals surface area (Å²) in [5.41, 5.74) is 4.39. The molecule has 4 rings (SSSR count). The molecule has 1 fully saturated rings. The van der Waals surface area contributed by atoms with Gasteiger partial charge in [0.15, 0.2) is 0 Å². The highest BCUT2D eigenvalue weighted by atomic mass is 16.5. The van der Waals surface area contributed by atoms with Crippen molar-refractivity contribution in [2.45, 2.75) is 56.5 Å². The second-order valence-corrected chi connectivity index (χ2v) is 9.15. The number of nitrogens with zero attached hydrogens (tertiary/aromatic N) is 1. The van der Waals surface area contributed by atoms with Gasteiger partial charge in [0.2, 0.25) is 5.91 Å². The first kappa shape index (κ1) is 24.7. The SMILES string of the molecule is O=C(O)CCC(NC(=O)OCC1c2ccccc2-c2ccccc21)C(=O)N(CCO)C1CCCC1. The number of aliphatic carboxylic acids is 1. The van der Waals surface area contributed by atoms with E-state index >= 15 is 0 Å². The van der Waals surface area contributed by atoms with Gasteiger partial charge in [0.1, 0.15) is 12.6 Å². The minimum absolute atomic E-state index is 0.00806. The number of aliphatic hydroxyl groups excluding tert-OH is 1. The second-order valence-electron chi connectivity index (χ2n) is 9.15. The van der Waals surface area contributed by atoms with E-state index in [4.69, 9.17) is 9.84 Å². The molecule has 2 aliphatic carbocycles. The summed E-state index contributed by atoms with van der Waals surface area (Å²) in [7, 11) is 0. The first-order valence-corrected chi connectivity index (χ1v) is 12.2. The van der Waals surface area contributed by atoms with Crippen LogP contribution in [0.5, 0.6) is 0 Å². The summed E-state index contributed by atoms with van der Waals surface area (Å²) in [6, 6.07) is 15.0. The van der Waals surface area contributed by atoms with Gasteiger partial charge in [-0.25, -0.2) is 4.79 Å². The summed E-state index contributed by atoms with van der Waals surface area (Å²) >= 11 is 0. The maximum Gasteiger partial charge on any atom is 0.407 e. The third-order valence-corrected chi connectivity index (χ3v) is 6.97. The third-order valence-electron chi connectivity index (χ3n) is 6.97. The zero-order chi connectivity index (χ0) is 24.8. The van der Waals surface area contributed by atoms with Crippen LogP contribution in [0.4, 0.5) is 4.79 Å². The van der Waals surface area contributed by atoms with Crippen LogP contribution in [-0.4, -0.2) is 64.9 Å². The van der Waals surface area contributed by atoms with E-state index in [2.05, 4.69) is 5.32 Å². The average molecular weight is 481 g/mol. The zero-order valence-corrected chi connectivity index (χ0v) is 19.7. The molecule has 2 aromatic carbocycles. The fourth-order valence-corrected chi connectivity index (χ4v) is 5.30. The van der Waals surface area contributed by atoms with Crippen LogP contribution < -0.4 is 5.32 Å². The Labute approximate surface area is 204 Å². The van der Waals surface area contributed by atoms with E-state index in [0.717, 1.165) is 47.9 Å². The monoisotopic (exact) mass is 480 g/mol. The number of aliphatic hydroxyl groups is 1. The van der Waals surface area contributed by atoms with E-state index in [1.54, 1.807) is 4.90 Å². The van der Waals surface area contributed by atoms with Crippen LogP contribution in [0.1, 0.15) is 55.6 Å². The van der Waals surface area contributed by atoms with E-state index in [-0.39, 0.29) is 50.5 Å². The molecule has 8 nitrogen and oxygen atoms in total. The maximum atomic E-state index is 13.3. The first-order chi connectivity index (χ1) is 17.0. The van der Waals surface area contributed by atoms with E-state index in [1.807, 2.05) is 48.5 Å². The van der Waals surface area contributed by atoms with Gasteiger partial charge in [-0.3, -0.25) is 9.59 Å². The van der Waals surface area contributed by atoms with E-state index < -0.39 is 18.1 Å². The minimum atomic E-state index is -1.05. The number of hydrogen-bond acceptors (Lipinski definition) is 5. The normalized spacial score (nSPS) is 15.8. The van der Waals surface area contributed by atoms with Gasteiger partial charge in [0, 0.05) is 24.9 Å². The number of ether oxygens (including phenoxy) is 1. The molecule has 35 heavy (non-hydrogen) atoms. The van der Waals surface area contributed by atoms with E-state index in [0.29, 0.717) is 0 Å². The van der Waals surface area contributed by atoms with Gasteiger partial charge >= 0.3 is 12.1 Å². The molecule has 2 aliphatic rings. The van der Waals surface area contributed by atoms with Gasteiger partial charge in [0.25, 0.3) is 0 Å². The van der Waals surface area contributed by atoms with Crippen molar-refractivity contribution in [1.29, 1.82) is 0 Å². The fraction of sp³-hybridized carbons (Fsp3) is 0.444. The number of carbonyl (C=O) groups excluding carboxylic acids is 2. The molecule has 0 aromatic heterocycles. The van der Waals surface area contributed by atoms with Crippen LogP contribution in [0.15, 0.2) is 48.5 Å². The molecule has 0 heterocycles. The molecule has 3 N–H and O–H groups in total. The standard InChI is InChI=1S/C27H32N2O6/c30-16-15-29(18-7-1-2-8-18)26(33)24(13-14-25(31)32)28-27(34)35-17-23-21-11-5-3-9-19(21)20-10-4-6-12-22(20)23/h3-6,9-12,18,23-24,30H,1-2,7-8,13-17H2,(H,28,34)(H,31,32). The Bertz CT molecular complexity index is 1020. The van der Waals surface area contributed by atoms with Crippen molar-refractivity contribution >= 4 is 18.0 Å². The molecule has 1 saturated carbocycles. The third kappa shape index (κ3) is 5.65. The molecule has 2 aromatic rings. The van der Waals surface area contributed by atoms with Gasteiger partial charge in [-0.05, 0) is 41.5 Å². The number of rotatable bonds is 10. The molecule has 1 unspecified atom stereocenters. The molecule has 186 valence electrons. The zero-order valence-electron chi connectivity index (χ0n) is 19.7. The van der Waals surface area contributed by atoms with Gasteiger partial charge in [0.05, 0.1) is 6.61 Å². The number of carboxylic acid groups (broad SMARTS) is 1. The topological polar surface area (TPSA) is 116 Å². The van der Waals surface area contributed by atoms with Gasteiger partial charge < -0.3 is 25.2 Å². The number of carboxylic acids is 1. The van der Waals surface area contributed by atoms with Crippen LogP contribution in [0.25, 0.3) is 11.1 Å². The number of hydrogen-bond donors (Lipinski definition) is 3. The lowest BCUT2D eigenvalue weighted by Gasteiger charge is -2.32. The lowest BCUT2D eigenvalue weighted by Crippen LogP contribution is -2.52. The Morgan fingerprint density at radius 2 is 1.60 bits per heavy atom. The van der Waals surface area contributed by atoms with Crippen molar-refractivity contribution in [2.24, 2.45) is 0 Å². The summed E-state index contributed by atoms with van der Waals surface area (Å²) in [6.07, 6.45) is 2.60. The Morgan fingerprint density at radius 1 is 1.00 bits per heavy atom. The number of nitrogens with one attached hydrogen (secondary N) is 1. The number of carbonyl (C=O) groups is 3. The summed E-state index contributed by atoms with van der Waals surface area (Å²) in [4.78, 5) is 38.9. The summed E-state index contributed by atoms with van der Waals surface area (Å²) in [6.45, 7) is 0.0565. The molecule has 0 aliphatic heterocycles. The van der Waals surface area contributed by atoms with Crippen LogP contribution in [0.3, 0.4) is 0 Å². The van der Waals surface area contributed by atoms with Gasteiger partial charge in [-0.15, -0.1) is 0 Å². The van der Waals surface area contributed by atoms with E-state index in [9.17, 15) is 19.5 Å². The Kier molecular flexibility index (Phi) is 8.02.